The molecular weight excluding hydrogens is 560 g/mol. The lowest BCUT2D eigenvalue weighted by Gasteiger charge is -2.39. The highest BCUT2D eigenvalue weighted by Crippen LogP contribution is 2.39. The number of benzene rings is 2. The van der Waals surface area contributed by atoms with Crippen molar-refractivity contribution < 1.29 is 23.5 Å². The predicted molar refractivity (Wildman–Crippen MR) is 166 cm³/mol. The Morgan fingerprint density at radius 2 is 1.70 bits per heavy atom. The highest BCUT2D eigenvalue weighted by atomic mass is 16.6. The van der Waals surface area contributed by atoms with E-state index in [2.05, 4.69) is 57.4 Å². The zero-order valence-corrected chi connectivity index (χ0v) is 25.1. The molecular formula is C33H38N6O5. The number of piperazine rings is 1. The van der Waals surface area contributed by atoms with Crippen LogP contribution in [0.2, 0.25) is 0 Å². The van der Waals surface area contributed by atoms with Crippen LogP contribution in [0.5, 0.6) is 0 Å². The van der Waals surface area contributed by atoms with Gasteiger partial charge >= 0.3 is 6.09 Å². The molecule has 3 aliphatic heterocycles. The number of hydrogen-bond acceptors (Lipinski definition) is 8. The lowest BCUT2D eigenvalue weighted by Crippen LogP contribution is -2.47. The van der Waals surface area contributed by atoms with Gasteiger partial charge in [-0.3, -0.25) is 9.59 Å². The molecule has 3 amide bonds. The highest BCUT2D eigenvalue weighted by molar-refractivity contribution is 6.06. The van der Waals surface area contributed by atoms with E-state index in [0.717, 1.165) is 56.7 Å². The fourth-order valence-corrected chi connectivity index (χ4v) is 6.42. The minimum absolute atomic E-state index is 0.0564. The zero-order valence-electron chi connectivity index (χ0n) is 25.1. The number of anilines is 3. The highest BCUT2D eigenvalue weighted by Gasteiger charge is 2.31. The molecule has 44 heavy (non-hydrogen) atoms. The first-order valence-electron chi connectivity index (χ1n) is 15.6. The van der Waals surface area contributed by atoms with Gasteiger partial charge < -0.3 is 34.1 Å². The summed E-state index contributed by atoms with van der Waals surface area (Å²) in [6.07, 6.45) is 4.61. The van der Waals surface area contributed by atoms with Crippen LogP contribution < -0.4 is 15.1 Å². The average Bonchev–Trinajstić information content (AvgIpc) is 3.62. The minimum atomic E-state index is -0.349. The number of cyclic esters (lactones) is 1. The van der Waals surface area contributed by atoms with Crippen LogP contribution in [0.4, 0.5) is 21.9 Å². The topological polar surface area (TPSA) is 111 Å². The summed E-state index contributed by atoms with van der Waals surface area (Å²) in [4.78, 5) is 51.5. The number of ether oxygens (including phenoxy) is 1. The fourth-order valence-electron chi connectivity index (χ4n) is 6.42. The largest absolute Gasteiger partial charge is 0.448 e. The summed E-state index contributed by atoms with van der Waals surface area (Å²) in [7, 11) is 0. The molecule has 11 nitrogen and oxygen atoms in total. The van der Waals surface area contributed by atoms with Gasteiger partial charge in [-0.25, -0.2) is 9.78 Å². The number of aryl methyl sites for hydroxylation is 1. The van der Waals surface area contributed by atoms with E-state index < -0.39 is 0 Å². The number of aromatic nitrogens is 1. The maximum absolute atomic E-state index is 13.7. The van der Waals surface area contributed by atoms with Gasteiger partial charge in [-0.05, 0) is 61.9 Å². The molecule has 2 aromatic carbocycles. The number of carbonyl (C=O) groups excluding carboxylic acids is 3. The van der Waals surface area contributed by atoms with Gasteiger partial charge in [0.2, 0.25) is 0 Å². The molecule has 3 aromatic rings. The van der Waals surface area contributed by atoms with E-state index in [1.165, 1.54) is 17.5 Å². The van der Waals surface area contributed by atoms with Crippen molar-refractivity contribution in [3.63, 3.8) is 0 Å². The van der Waals surface area contributed by atoms with Gasteiger partial charge in [-0.15, -0.1) is 0 Å². The van der Waals surface area contributed by atoms with Crippen molar-refractivity contribution in [3.05, 3.63) is 70.9 Å². The zero-order chi connectivity index (χ0) is 30.2. The number of para-hydroxylation sites is 1. The Morgan fingerprint density at radius 3 is 2.43 bits per heavy atom. The smallest absolute Gasteiger partial charge is 0.409 e. The summed E-state index contributed by atoms with van der Waals surface area (Å²) in [5.41, 5.74) is 5.85. The number of carbonyl (C=O) groups is 3. The van der Waals surface area contributed by atoms with Gasteiger partial charge in [0.15, 0.2) is 11.6 Å². The maximum Gasteiger partial charge on any atom is 0.409 e. The molecule has 0 radical (unpaired) electrons. The molecule has 1 aromatic heterocycles. The van der Waals surface area contributed by atoms with Gasteiger partial charge in [-0.1, -0.05) is 18.2 Å². The summed E-state index contributed by atoms with van der Waals surface area (Å²) in [5, 5.41) is 3.07. The molecule has 11 heteroatoms. The second kappa shape index (κ2) is 11.9. The summed E-state index contributed by atoms with van der Waals surface area (Å²) in [6, 6.07) is 12.4. The maximum atomic E-state index is 13.7. The van der Waals surface area contributed by atoms with Crippen LogP contribution in [-0.4, -0.2) is 91.7 Å². The van der Waals surface area contributed by atoms with Gasteiger partial charge in [-0.2, -0.15) is 0 Å². The van der Waals surface area contributed by atoms with Crippen LogP contribution in [-0.2, 0) is 11.2 Å². The van der Waals surface area contributed by atoms with Gasteiger partial charge in [0.1, 0.15) is 12.9 Å². The van der Waals surface area contributed by atoms with Gasteiger partial charge in [0.25, 0.3) is 11.8 Å². The molecule has 2 saturated heterocycles. The Kier molecular flexibility index (Phi) is 7.61. The molecule has 4 heterocycles. The van der Waals surface area contributed by atoms with Crippen LogP contribution in [0.15, 0.2) is 47.1 Å². The molecule has 7 rings (SSSR count). The number of hydrogen-bond donors (Lipinski definition) is 1. The van der Waals surface area contributed by atoms with E-state index in [1.54, 1.807) is 4.90 Å². The van der Waals surface area contributed by atoms with Crippen molar-refractivity contribution in [3.8, 4) is 0 Å². The molecule has 230 valence electrons. The van der Waals surface area contributed by atoms with Crippen LogP contribution >= 0.6 is 0 Å². The number of oxazole rings is 1. The summed E-state index contributed by atoms with van der Waals surface area (Å²) in [5.74, 6) is 0.512. The van der Waals surface area contributed by atoms with Crippen LogP contribution in [0.1, 0.15) is 63.0 Å². The Bertz CT molecular complexity index is 1570. The molecule has 1 aliphatic carbocycles. The lowest BCUT2D eigenvalue weighted by atomic mass is 9.96. The Balaban J connectivity index is 1.11. The van der Waals surface area contributed by atoms with Crippen LogP contribution in [0.3, 0.4) is 0 Å². The van der Waals surface area contributed by atoms with Crippen LogP contribution in [0.25, 0.3) is 0 Å². The number of fused-ring (bicyclic) bond motifs is 1. The average molecular weight is 599 g/mol. The number of rotatable bonds is 9. The molecule has 0 bridgehead atoms. The van der Waals surface area contributed by atoms with Crippen molar-refractivity contribution >= 4 is 35.0 Å². The molecule has 3 fully saturated rings. The summed E-state index contributed by atoms with van der Waals surface area (Å²) in [6.45, 7) is 8.14. The summed E-state index contributed by atoms with van der Waals surface area (Å²) >= 11 is 0. The number of nitrogens with one attached hydrogen (secondary N) is 1. The van der Waals surface area contributed by atoms with E-state index in [9.17, 15) is 14.4 Å². The molecule has 0 spiro atoms. The second-order valence-corrected chi connectivity index (χ2v) is 12.1. The van der Waals surface area contributed by atoms with Crippen molar-refractivity contribution in [2.45, 2.75) is 38.5 Å². The molecule has 1 saturated carbocycles. The molecule has 1 N–H and O–H groups in total. The minimum Gasteiger partial charge on any atom is -0.448 e. The van der Waals surface area contributed by atoms with E-state index in [0.29, 0.717) is 62.3 Å². The second-order valence-electron chi connectivity index (χ2n) is 12.1. The third-order valence-corrected chi connectivity index (χ3v) is 9.10. The van der Waals surface area contributed by atoms with Gasteiger partial charge in [0, 0.05) is 63.0 Å². The first kappa shape index (κ1) is 28.2. The third-order valence-electron chi connectivity index (χ3n) is 9.10. The third kappa shape index (κ3) is 5.70. The first-order chi connectivity index (χ1) is 21.4. The van der Waals surface area contributed by atoms with Crippen molar-refractivity contribution in [2.75, 3.05) is 74.1 Å². The lowest BCUT2D eigenvalue weighted by molar-refractivity contribution is 0.0734. The summed E-state index contributed by atoms with van der Waals surface area (Å²) < 4.78 is 10.6. The Labute approximate surface area is 256 Å². The monoisotopic (exact) mass is 598 g/mol. The van der Waals surface area contributed by atoms with Gasteiger partial charge in [0.05, 0.1) is 17.9 Å². The quantitative estimate of drug-likeness (QED) is 0.389. The number of nitrogens with zero attached hydrogens (tertiary/aromatic N) is 5. The molecule has 0 atom stereocenters. The van der Waals surface area contributed by atoms with Crippen molar-refractivity contribution in [2.24, 2.45) is 0 Å². The number of amides is 3. The SMILES string of the molecule is Cc1ccccc1N1CCN(c2cc3c(cc2NC(=O)c2coc(C4CC4)n2)C(=O)N(CCCN2CCOC2=O)CC3)CC1. The fraction of sp³-hybridized carbons (Fsp3) is 0.455. The molecule has 4 aliphatic rings. The van der Waals surface area contributed by atoms with Crippen molar-refractivity contribution in [1.82, 2.24) is 14.8 Å². The Morgan fingerprint density at radius 1 is 0.955 bits per heavy atom. The van der Waals surface area contributed by atoms with E-state index in [1.807, 2.05) is 11.0 Å². The van der Waals surface area contributed by atoms with E-state index >= 15 is 0 Å². The normalized spacial score (nSPS) is 18.5. The van der Waals surface area contributed by atoms with E-state index in [4.69, 9.17) is 9.15 Å². The predicted octanol–water partition coefficient (Wildman–Crippen LogP) is 4.28. The van der Waals surface area contributed by atoms with E-state index in [-0.39, 0.29) is 23.6 Å². The molecule has 0 unspecified atom stereocenters. The van der Waals surface area contributed by atoms with Crippen LogP contribution in [0, 0.1) is 6.92 Å². The van der Waals surface area contributed by atoms with Crippen molar-refractivity contribution in [1.29, 1.82) is 0 Å². The standard InChI is InChI=1S/C33H38N6O5/c1-22-5-2-3-6-28(22)36-13-15-37(16-14-36)29-19-24-9-12-38(10-4-11-39-17-18-43-33(39)42)32(41)25(24)20-26(29)34-30(40)27-21-44-31(35-27)23-7-8-23/h2-3,5-6,19-21,23H,4,7-18H2,1H3,(H,34,40). The Hall–Kier alpha value is -4.54. The first-order valence-corrected chi connectivity index (χ1v) is 15.6.